The number of terminal acetylenes is 1. The smallest absolute Gasteiger partial charge is 0.0307 e. The van der Waals surface area contributed by atoms with E-state index in [1.807, 2.05) is 0 Å². The van der Waals surface area contributed by atoms with E-state index in [1.54, 1.807) is 0 Å². The van der Waals surface area contributed by atoms with Gasteiger partial charge in [-0.3, -0.25) is 0 Å². The molecule has 13 heavy (non-hydrogen) atoms. The number of hydrogen-bond donors (Lipinski definition) is 0. The van der Waals surface area contributed by atoms with Crippen molar-refractivity contribution in [3.63, 3.8) is 0 Å². The molecule has 0 aromatic rings. The van der Waals surface area contributed by atoms with Crippen molar-refractivity contribution in [1.29, 1.82) is 0 Å². The average molecular weight is 201 g/mol. The summed E-state index contributed by atoms with van der Waals surface area (Å²) in [5, 5.41) is 0.349. The Hall–Kier alpha value is -0.150. The van der Waals surface area contributed by atoms with E-state index in [0.29, 0.717) is 5.38 Å². The fourth-order valence-corrected chi connectivity index (χ4v) is 1.51. The number of unbranched alkanes of at least 4 members (excludes halogenated alkanes) is 6. The van der Waals surface area contributed by atoms with Crippen molar-refractivity contribution in [2.24, 2.45) is 0 Å². The Labute approximate surface area is 88.1 Å². The second-order valence-corrected chi connectivity index (χ2v) is 4.39. The van der Waals surface area contributed by atoms with Crippen LogP contribution in [0.1, 0.15) is 58.3 Å². The third-order valence-corrected chi connectivity index (χ3v) is 2.39. The Balaban J connectivity index is 2.88. The Morgan fingerprint density at radius 2 is 1.62 bits per heavy atom. The van der Waals surface area contributed by atoms with Crippen LogP contribution in [0, 0.1) is 12.3 Å². The quantitative estimate of drug-likeness (QED) is 0.310. The summed E-state index contributed by atoms with van der Waals surface area (Å²) < 4.78 is 0. The number of halogens is 1. The molecule has 0 aliphatic heterocycles. The van der Waals surface area contributed by atoms with E-state index >= 15 is 0 Å². The van der Waals surface area contributed by atoms with Crippen molar-refractivity contribution < 1.29 is 0 Å². The Bertz CT molecular complexity index is 133. The van der Waals surface area contributed by atoms with Crippen LogP contribution in [0.4, 0.5) is 0 Å². The molecule has 0 nitrogen and oxygen atoms in total. The lowest BCUT2D eigenvalue weighted by Gasteiger charge is -2.02. The topological polar surface area (TPSA) is 0 Å². The fourth-order valence-electron chi connectivity index (χ4n) is 1.36. The maximum absolute atomic E-state index is 5.84. The van der Waals surface area contributed by atoms with E-state index in [2.05, 4.69) is 12.8 Å². The summed E-state index contributed by atoms with van der Waals surface area (Å²) >= 11 is 5.84. The second kappa shape index (κ2) is 9.93. The van der Waals surface area contributed by atoms with Crippen molar-refractivity contribution >= 4 is 11.6 Å². The van der Waals surface area contributed by atoms with Gasteiger partial charge >= 0.3 is 0 Å². The van der Waals surface area contributed by atoms with Gasteiger partial charge in [0.2, 0.25) is 0 Å². The third-order valence-electron chi connectivity index (χ3n) is 2.17. The van der Waals surface area contributed by atoms with E-state index in [-0.39, 0.29) is 0 Å². The van der Waals surface area contributed by atoms with Crippen LogP contribution in [0.3, 0.4) is 0 Å². The van der Waals surface area contributed by atoms with E-state index in [1.165, 1.54) is 38.5 Å². The summed E-state index contributed by atoms with van der Waals surface area (Å²) in [4.78, 5) is 0. The molecule has 0 rings (SSSR count). The van der Waals surface area contributed by atoms with Crippen molar-refractivity contribution in [3.05, 3.63) is 0 Å². The second-order valence-electron chi connectivity index (χ2n) is 3.64. The zero-order chi connectivity index (χ0) is 9.94. The van der Waals surface area contributed by atoms with Crippen LogP contribution in [-0.2, 0) is 0 Å². The predicted molar refractivity (Wildman–Crippen MR) is 61.1 cm³/mol. The third kappa shape index (κ3) is 11.9. The highest BCUT2D eigenvalue weighted by Crippen LogP contribution is 2.11. The first-order chi connectivity index (χ1) is 6.27. The first kappa shape index (κ1) is 12.8. The monoisotopic (exact) mass is 200 g/mol. The molecule has 0 saturated heterocycles. The van der Waals surface area contributed by atoms with E-state index < -0.39 is 0 Å². The molecule has 1 atom stereocenters. The van der Waals surface area contributed by atoms with Gasteiger partial charge in [-0.15, -0.1) is 23.9 Å². The Morgan fingerprint density at radius 3 is 2.15 bits per heavy atom. The molecule has 0 bridgehead atoms. The maximum Gasteiger partial charge on any atom is 0.0307 e. The molecule has 0 aliphatic carbocycles. The SMILES string of the molecule is C#CCCCCCCCCC(C)Cl. The molecule has 0 aliphatic rings. The summed E-state index contributed by atoms with van der Waals surface area (Å²) in [7, 11) is 0. The average Bonchev–Trinajstić information content (AvgIpc) is 2.09. The first-order valence-corrected chi connectivity index (χ1v) is 5.78. The minimum Gasteiger partial charge on any atom is -0.123 e. The first-order valence-electron chi connectivity index (χ1n) is 5.35. The summed E-state index contributed by atoms with van der Waals surface area (Å²) in [6.07, 6.45) is 15.0. The van der Waals surface area contributed by atoms with Gasteiger partial charge < -0.3 is 0 Å². The van der Waals surface area contributed by atoms with Gasteiger partial charge in [0, 0.05) is 11.8 Å². The van der Waals surface area contributed by atoms with Crippen LogP contribution in [0.5, 0.6) is 0 Å². The Morgan fingerprint density at radius 1 is 1.08 bits per heavy atom. The van der Waals surface area contributed by atoms with Gasteiger partial charge in [0.25, 0.3) is 0 Å². The highest BCUT2D eigenvalue weighted by Gasteiger charge is 1.95. The molecular formula is C12H21Cl. The van der Waals surface area contributed by atoms with E-state index in [4.69, 9.17) is 18.0 Å². The van der Waals surface area contributed by atoms with Crippen LogP contribution < -0.4 is 0 Å². The summed E-state index contributed by atoms with van der Waals surface area (Å²) in [6.45, 7) is 2.06. The minimum atomic E-state index is 0.349. The number of alkyl halides is 1. The van der Waals surface area contributed by atoms with Crippen LogP contribution in [0.15, 0.2) is 0 Å². The lowest BCUT2D eigenvalue weighted by molar-refractivity contribution is 0.581. The molecule has 0 saturated carbocycles. The molecule has 1 heteroatoms. The van der Waals surface area contributed by atoms with Gasteiger partial charge in [0.1, 0.15) is 0 Å². The summed E-state index contributed by atoms with van der Waals surface area (Å²) in [5.74, 6) is 2.67. The molecular weight excluding hydrogens is 180 g/mol. The van der Waals surface area contributed by atoms with Gasteiger partial charge in [-0.1, -0.05) is 32.1 Å². The lowest BCUT2D eigenvalue weighted by Crippen LogP contribution is -1.89. The zero-order valence-electron chi connectivity index (χ0n) is 8.69. The van der Waals surface area contributed by atoms with Crippen LogP contribution in [0.2, 0.25) is 0 Å². The maximum atomic E-state index is 5.84. The van der Waals surface area contributed by atoms with Gasteiger partial charge in [-0.2, -0.15) is 0 Å². The lowest BCUT2D eigenvalue weighted by atomic mass is 10.1. The summed E-state index contributed by atoms with van der Waals surface area (Å²) in [6, 6.07) is 0. The highest BCUT2D eigenvalue weighted by atomic mass is 35.5. The molecule has 0 N–H and O–H groups in total. The van der Waals surface area contributed by atoms with Crippen LogP contribution >= 0.6 is 11.6 Å². The van der Waals surface area contributed by atoms with E-state index in [9.17, 15) is 0 Å². The molecule has 0 aromatic heterocycles. The van der Waals surface area contributed by atoms with Gasteiger partial charge in [-0.25, -0.2) is 0 Å². The molecule has 1 unspecified atom stereocenters. The molecule has 0 aromatic carbocycles. The minimum absolute atomic E-state index is 0.349. The van der Waals surface area contributed by atoms with Crippen molar-refractivity contribution in [2.45, 2.75) is 63.7 Å². The zero-order valence-corrected chi connectivity index (χ0v) is 9.45. The number of rotatable bonds is 8. The highest BCUT2D eigenvalue weighted by molar-refractivity contribution is 6.20. The van der Waals surface area contributed by atoms with Gasteiger partial charge in [0.15, 0.2) is 0 Å². The molecule has 0 fully saturated rings. The number of hydrogen-bond acceptors (Lipinski definition) is 0. The van der Waals surface area contributed by atoms with Gasteiger partial charge in [-0.05, 0) is 19.8 Å². The van der Waals surface area contributed by atoms with E-state index in [0.717, 1.165) is 12.8 Å². The van der Waals surface area contributed by atoms with Crippen molar-refractivity contribution in [2.75, 3.05) is 0 Å². The van der Waals surface area contributed by atoms with Crippen molar-refractivity contribution in [1.82, 2.24) is 0 Å². The van der Waals surface area contributed by atoms with Crippen LogP contribution in [0.25, 0.3) is 0 Å². The normalized spacial score (nSPS) is 12.4. The fraction of sp³-hybridized carbons (Fsp3) is 0.833. The standard InChI is InChI=1S/C12H21Cl/c1-3-4-5-6-7-8-9-10-11-12(2)13/h1,12H,4-11H2,2H3. The molecule has 0 radical (unpaired) electrons. The largest absolute Gasteiger partial charge is 0.123 e. The molecule has 0 spiro atoms. The predicted octanol–water partition coefficient (Wildman–Crippen LogP) is 4.37. The molecule has 0 heterocycles. The van der Waals surface area contributed by atoms with Crippen LogP contribution in [-0.4, -0.2) is 5.38 Å². The Kier molecular flexibility index (Phi) is 9.82. The van der Waals surface area contributed by atoms with Crippen molar-refractivity contribution in [3.8, 4) is 12.3 Å². The summed E-state index contributed by atoms with van der Waals surface area (Å²) in [5.41, 5.74) is 0. The molecule has 76 valence electrons. The molecule has 0 amide bonds. The van der Waals surface area contributed by atoms with Gasteiger partial charge in [0.05, 0.1) is 0 Å².